The minimum absolute atomic E-state index is 0.0734. The highest BCUT2D eigenvalue weighted by atomic mass is 16.6. The van der Waals surface area contributed by atoms with Gasteiger partial charge in [0, 0.05) is 31.6 Å². The van der Waals surface area contributed by atoms with Gasteiger partial charge in [0.05, 0.1) is 18.1 Å². The minimum atomic E-state index is -0.342. The van der Waals surface area contributed by atoms with Gasteiger partial charge in [-0.1, -0.05) is 24.3 Å². The Bertz CT molecular complexity index is 968. The zero-order valence-corrected chi connectivity index (χ0v) is 19.1. The van der Waals surface area contributed by atoms with Gasteiger partial charge < -0.3 is 15.0 Å². The van der Waals surface area contributed by atoms with E-state index in [1.54, 1.807) is 19.2 Å². The van der Waals surface area contributed by atoms with Gasteiger partial charge in [-0.15, -0.1) is 0 Å². The van der Waals surface area contributed by atoms with Crippen molar-refractivity contribution in [1.82, 2.24) is 10.2 Å². The lowest BCUT2D eigenvalue weighted by Crippen LogP contribution is -2.43. The minimum Gasteiger partial charge on any atom is -0.497 e. The second-order valence-corrected chi connectivity index (χ2v) is 8.79. The molecule has 8 heteroatoms. The molecule has 0 saturated carbocycles. The Morgan fingerprint density at radius 2 is 1.85 bits per heavy atom. The fraction of sp³-hybridized carbons (Fsp3) is 0.480. The van der Waals surface area contributed by atoms with Crippen LogP contribution in [0.3, 0.4) is 0 Å². The average Bonchev–Trinajstić information content (AvgIpc) is 3.39. The molecule has 2 aromatic rings. The van der Waals surface area contributed by atoms with Crippen LogP contribution in [-0.2, 0) is 4.79 Å². The molecule has 176 valence electrons. The summed E-state index contributed by atoms with van der Waals surface area (Å²) in [4.78, 5) is 28.5. The molecular weight excluding hydrogens is 420 g/mol. The summed E-state index contributed by atoms with van der Waals surface area (Å²) in [7, 11) is 1.67. The van der Waals surface area contributed by atoms with E-state index in [1.165, 1.54) is 18.9 Å². The van der Waals surface area contributed by atoms with Gasteiger partial charge in [-0.05, 0) is 62.5 Å². The molecule has 2 saturated heterocycles. The van der Waals surface area contributed by atoms with Gasteiger partial charge >= 0.3 is 0 Å². The van der Waals surface area contributed by atoms with Crippen molar-refractivity contribution < 1.29 is 14.5 Å². The van der Waals surface area contributed by atoms with E-state index in [4.69, 9.17) is 4.74 Å². The number of nitro groups is 1. The number of para-hydroxylation sites is 2. The molecule has 2 aliphatic heterocycles. The third-order valence-corrected chi connectivity index (χ3v) is 6.81. The molecule has 4 rings (SSSR count). The van der Waals surface area contributed by atoms with Crippen molar-refractivity contribution in [2.24, 2.45) is 5.92 Å². The highest BCUT2D eigenvalue weighted by Crippen LogP contribution is 2.31. The second kappa shape index (κ2) is 10.7. The normalized spacial score (nSPS) is 18.2. The van der Waals surface area contributed by atoms with E-state index in [-0.39, 0.29) is 28.5 Å². The number of piperidine rings is 1. The van der Waals surface area contributed by atoms with Gasteiger partial charge in [-0.25, -0.2) is 0 Å². The first kappa shape index (κ1) is 23.0. The lowest BCUT2D eigenvalue weighted by atomic mass is 9.95. The predicted molar refractivity (Wildman–Crippen MR) is 128 cm³/mol. The third-order valence-electron chi connectivity index (χ3n) is 6.81. The maximum absolute atomic E-state index is 13.0. The number of carbonyl (C=O) groups is 1. The lowest BCUT2D eigenvalue weighted by Gasteiger charge is -2.33. The van der Waals surface area contributed by atoms with Crippen LogP contribution in [-0.4, -0.2) is 55.6 Å². The largest absolute Gasteiger partial charge is 0.497 e. The van der Waals surface area contributed by atoms with Crippen molar-refractivity contribution >= 4 is 17.3 Å². The lowest BCUT2D eigenvalue weighted by molar-refractivity contribution is -0.384. The summed E-state index contributed by atoms with van der Waals surface area (Å²) in [5.41, 5.74) is 1.91. The molecule has 1 amide bonds. The molecular formula is C25H32N4O4. The number of nitro benzene ring substituents is 1. The molecule has 2 aromatic carbocycles. The number of hydrogen-bond donors (Lipinski definition) is 1. The Morgan fingerprint density at radius 1 is 1.12 bits per heavy atom. The van der Waals surface area contributed by atoms with E-state index in [1.807, 2.05) is 23.1 Å². The summed E-state index contributed by atoms with van der Waals surface area (Å²) in [5, 5.41) is 14.6. The maximum atomic E-state index is 13.0. The first-order chi connectivity index (χ1) is 16.1. The van der Waals surface area contributed by atoms with Crippen molar-refractivity contribution in [3.05, 3.63) is 64.2 Å². The number of nitrogens with zero attached hydrogens (tertiary/aromatic N) is 3. The Morgan fingerprint density at radius 3 is 2.55 bits per heavy atom. The number of ether oxygens (including phenoxy) is 1. The molecule has 33 heavy (non-hydrogen) atoms. The zero-order chi connectivity index (χ0) is 23.2. The molecule has 2 fully saturated rings. The molecule has 1 atom stereocenters. The molecule has 1 unspecified atom stereocenters. The number of nitrogens with one attached hydrogen (secondary N) is 1. The smallest absolute Gasteiger partial charge is 0.292 e. The first-order valence-corrected chi connectivity index (χ1v) is 11.7. The van der Waals surface area contributed by atoms with Crippen LogP contribution in [0.25, 0.3) is 0 Å². The summed E-state index contributed by atoms with van der Waals surface area (Å²) < 4.78 is 5.41. The molecule has 0 radical (unpaired) electrons. The van der Waals surface area contributed by atoms with E-state index < -0.39 is 0 Å². The zero-order valence-electron chi connectivity index (χ0n) is 19.1. The van der Waals surface area contributed by atoms with Gasteiger partial charge in [0.25, 0.3) is 5.69 Å². The van der Waals surface area contributed by atoms with Crippen molar-refractivity contribution in [1.29, 1.82) is 0 Å². The summed E-state index contributed by atoms with van der Waals surface area (Å²) in [6.45, 7) is 3.90. The number of carbonyl (C=O) groups excluding carboxylic acids is 1. The molecule has 1 N–H and O–H groups in total. The topological polar surface area (TPSA) is 87.9 Å². The van der Waals surface area contributed by atoms with Crippen LogP contribution in [0.4, 0.5) is 11.4 Å². The average molecular weight is 453 g/mol. The summed E-state index contributed by atoms with van der Waals surface area (Å²) >= 11 is 0. The van der Waals surface area contributed by atoms with Crippen LogP contribution in [0.5, 0.6) is 5.75 Å². The Hall–Kier alpha value is -3.13. The predicted octanol–water partition coefficient (Wildman–Crippen LogP) is 3.77. The third kappa shape index (κ3) is 5.45. The molecule has 0 aliphatic carbocycles. The number of methoxy groups -OCH3 is 1. The Kier molecular flexibility index (Phi) is 7.44. The standard InChI is InChI=1S/C25H32N4O4/c1-33-21-8-6-7-20(17-21)24(27-13-4-5-14-27)18-26-25(30)19-11-15-28(16-12-19)22-9-2-3-10-23(22)29(31)32/h2-3,6-10,17,19,24H,4-5,11-16,18H2,1H3,(H,26,30). The van der Waals surface area contributed by atoms with Crippen LogP contribution in [0, 0.1) is 16.0 Å². The van der Waals surface area contributed by atoms with Crippen LogP contribution >= 0.6 is 0 Å². The van der Waals surface area contributed by atoms with E-state index >= 15 is 0 Å². The van der Waals surface area contributed by atoms with Crippen molar-refractivity contribution in [2.45, 2.75) is 31.7 Å². The van der Waals surface area contributed by atoms with E-state index in [0.717, 1.165) is 24.4 Å². The van der Waals surface area contributed by atoms with Gasteiger partial charge in [0.1, 0.15) is 11.4 Å². The monoisotopic (exact) mass is 452 g/mol. The number of rotatable bonds is 8. The molecule has 8 nitrogen and oxygen atoms in total. The summed E-state index contributed by atoms with van der Waals surface area (Å²) in [5.74, 6) is 0.822. The van der Waals surface area contributed by atoms with E-state index in [0.29, 0.717) is 38.2 Å². The van der Waals surface area contributed by atoms with Gasteiger partial charge in [0.15, 0.2) is 0 Å². The second-order valence-electron chi connectivity index (χ2n) is 8.79. The van der Waals surface area contributed by atoms with E-state index in [2.05, 4.69) is 22.3 Å². The van der Waals surface area contributed by atoms with Crippen LogP contribution in [0.1, 0.15) is 37.3 Å². The number of benzene rings is 2. The molecule has 0 spiro atoms. The van der Waals surface area contributed by atoms with Crippen molar-refractivity contribution in [3.8, 4) is 5.75 Å². The van der Waals surface area contributed by atoms with Crippen LogP contribution < -0.4 is 15.0 Å². The fourth-order valence-corrected chi connectivity index (χ4v) is 4.97. The SMILES string of the molecule is COc1cccc(C(CNC(=O)C2CCN(c3ccccc3[N+](=O)[O-])CC2)N2CCCC2)c1. The molecule has 2 aliphatic rings. The fourth-order valence-electron chi connectivity index (χ4n) is 4.97. The van der Waals surface area contributed by atoms with E-state index in [9.17, 15) is 14.9 Å². The highest BCUT2D eigenvalue weighted by Gasteiger charge is 2.30. The van der Waals surface area contributed by atoms with Gasteiger partial charge in [-0.3, -0.25) is 19.8 Å². The summed E-state index contributed by atoms with van der Waals surface area (Å²) in [6, 6.07) is 15.0. The number of amides is 1. The highest BCUT2D eigenvalue weighted by molar-refractivity contribution is 5.79. The van der Waals surface area contributed by atoms with Crippen molar-refractivity contribution in [3.63, 3.8) is 0 Å². The first-order valence-electron chi connectivity index (χ1n) is 11.7. The Balaban J connectivity index is 1.36. The van der Waals surface area contributed by atoms with Crippen molar-refractivity contribution in [2.75, 3.05) is 44.7 Å². The number of likely N-dealkylation sites (tertiary alicyclic amines) is 1. The maximum Gasteiger partial charge on any atom is 0.292 e. The quantitative estimate of drug-likeness (QED) is 0.485. The number of anilines is 1. The Labute approximate surface area is 194 Å². The van der Waals surface area contributed by atoms with Gasteiger partial charge in [0.2, 0.25) is 5.91 Å². The van der Waals surface area contributed by atoms with Crippen LogP contribution in [0.15, 0.2) is 48.5 Å². The van der Waals surface area contributed by atoms with Gasteiger partial charge in [-0.2, -0.15) is 0 Å². The molecule has 0 aromatic heterocycles. The molecule has 0 bridgehead atoms. The number of hydrogen-bond acceptors (Lipinski definition) is 6. The molecule has 2 heterocycles. The van der Waals surface area contributed by atoms with Crippen LogP contribution in [0.2, 0.25) is 0 Å². The summed E-state index contributed by atoms with van der Waals surface area (Å²) in [6.07, 6.45) is 3.73.